The lowest BCUT2D eigenvalue weighted by molar-refractivity contribution is 0.0926. The Morgan fingerprint density at radius 1 is 1.33 bits per heavy atom. The number of benzene rings is 1. The smallest absolute Gasteiger partial charge is 0.270 e. The number of pyridine rings is 1. The number of aromatic nitrogens is 1. The van der Waals surface area contributed by atoms with Crippen LogP contribution in [-0.4, -0.2) is 40.7 Å². The lowest BCUT2D eigenvalue weighted by Gasteiger charge is -2.32. The molecule has 5 nitrogen and oxygen atoms in total. The first kappa shape index (κ1) is 17.9. The van der Waals surface area contributed by atoms with Crippen LogP contribution in [-0.2, 0) is 6.42 Å². The van der Waals surface area contributed by atoms with Gasteiger partial charge in [0.25, 0.3) is 5.91 Å². The number of aliphatic hydroxyl groups excluding tert-OH is 1. The van der Waals surface area contributed by atoms with Crippen molar-refractivity contribution in [2.75, 3.05) is 18.0 Å². The maximum absolute atomic E-state index is 13.4. The number of halogens is 1. The lowest BCUT2D eigenvalue weighted by atomic mass is 10.0. The monoisotopic (exact) mass is 369 g/mol. The van der Waals surface area contributed by atoms with Crippen LogP contribution in [0.4, 0.5) is 10.1 Å². The molecule has 1 aromatic carbocycles. The van der Waals surface area contributed by atoms with E-state index in [1.54, 1.807) is 18.3 Å². The normalized spacial score (nSPS) is 21.0. The summed E-state index contributed by atoms with van der Waals surface area (Å²) >= 11 is 0. The molecule has 142 valence electrons. The van der Waals surface area contributed by atoms with E-state index in [9.17, 15) is 14.3 Å². The molecule has 1 atom stereocenters. The van der Waals surface area contributed by atoms with Crippen LogP contribution in [0.15, 0.2) is 42.6 Å². The number of nitrogens with one attached hydrogen (secondary N) is 1. The van der Waals surface area contributed by atoms with Gasteiger partial charge in [0.05, 0.1) is 6.10 Å². The highest BCUT2D eigenvalue weighted by Crippen LogP contribution is 2.39. The summed E-state index contributed by atoms with van der Waals surface area (Å²) in [6.07, 6.45) is 5.44. The topological polar surface area (TPSA) is 65.5 Å². The fourth-order valence-corrected chi connectivity index (χ4v) is 3.77. The molecule has 2 aromatic rings. The number of carbonyl (C=O) groups is 1. The zero-order valence-corrected chi connectivity index (χ0v) is 15.2. The Morgan fingerprint density at radius 2 is 2.19 bits per heavy atom. The van der Waals surface area contributed by atoms with Crippen molar-refractivity contribution in [3.8, 4) is 0 Å². The summed E-state index contributed by atoms with van der Waals surface area (Å²) in [6.45, 7) is 1.44. The Hall–Kier alpha value is -2.47. The second-order valence-electron chi connectivity index (χ2n) is 7.68. The van der Waals surface area contributed by atoms with E-state index in [-0.39, 0.29) is 23.4 Å². The zero-order chi connectivity index (χ0) is 18.9. The fourth-order valence-electron chi connectivity index (χ4n) is 3.77. The average Bonchev–Trinajstić information content (AvgIpc) is 3.40. The SMILES string of the molecule is O=C(NC1(Cc2cccc(F)c2)CC1)c1cc(N2CCC[C@H](O)C2)ccn1. The van der Waals surface area contributed by atoms with Crippen molar-refractivity contribution in [1.29, 1.82) is 0 Å². The van der Waals surface area contributed by atoms with Gasteiger partial charge >= 0.3 is 0 Å². The highest BCUT2D eigenvalue weighted by molar-refractivity contribution is 5.94. The van der Waals surface area contributed by atoms with Crippen molar-refractivity contribution < 1.29 is 14.3 Å². The van der Waals surface area contributed by atoms with E-state index < -0.39 is 0 Å². The minimum Gasteiger partial charge on any atom is -0.391 e. The van der Waals surface area contributed by atoms with Crippen molar-refractivity contribution in [3.05, 3.63) is 59.7 Å². The standard InChI is InChI=1S/C21H24FN3O2/c22-16-4-1-3-15(11-16)13-21(7-8-21)24-20(27)19-12-17(6-9-23-19)25-10-2-5-18(26)14-25/h1,3-4,6,9,11-12,18,26H,2,5,7-8,10,13-14H2,(H,24,27)/t18-/m0/s1. The maximum atomic E-state index is 13.4. The Morgan fingerprint density at radius 3 is 2.93 bits per heavy atom. The highest BCUT2D eigenvalue weighted by Gasteiger charge is 2.44. The Bertz CT molecular complexity index is 838. The molecule has 1 aliphatic heterocycles. The molecular weight excluding hydrogens is 345 g/mol. The van der Waals surface area contributed by atoms with Gasteiger partial charge in [-0.3, -0.25) is 9.78 Å². The quantitative estimate of drug-likeness (QED) is 0.851. The molecule has 0 bridgehead atoms. The van der Waals surface area contributed by atoms with Crippen LogP contribution >= 0.6 is 0 Å². The third kappa shape index (κ3) is 4.27. The first-order chi connectivity index (χ1) is 13.0. The first-order valence-electron chi connectivity index (χ1n) is 9.49. The summed E-state index contributed by atoms with van der Waals surface area (Å²) in [4.78, 5) is 19.1. The molecule has 1 aliphatic carbocycles. The van der Waals surface area contributed by atoms with Crippen molar-refractivity contribution in [3.63, 3.8) is 0 Å². The van der Waals surface area contributed by atoms with E-state index in [0.717, 1.165) is 43.5 Å². The lowest BCUT2D eigenvalue weighted by Crippen LogP contribution is -2.40. The van der Waals surface area contributed by atoms with Gasteiger partial charge in [0.2, 0.25) is 0 Å². The van der Waals surface area contributed by atoms with Gasteiger partial charge in [-0.25, -0.2) is 4.39 Å². The van der Waals surface area contributed by atoms with E-state index in [1.165, 1.54) is 12.1 Å². The van der Waals surface area contributed by atoms with Gasteiger partial charge in [0, 0.05) is 30.5 Å². The summed E-state index contributed by atoms with van der Waals surface area (Å²) in [5, 5.41) is 13.0. The predicted octanol–water partition coefficient (Wildman–Crippen LogP) is 2.69. The number of anilines is 1. The van der Waals surface area contributed by atoms with E-state index in [1.807, 2.05) is 12.1 Å². The Balaban J connectivity index is 1.44. The summed E-state index contributed by atoms with van der Waals surface area (Å²) in [7, 11) is 0. The maximum Gasteiger partial charge on any atom is 0.270 e. The fraction of sp³-hybridized carbons (Fsp3) is 0.429. The van der Waals surface area contributed by atoms with Gasteiger partial charge in [0.1, 0.15) is 11.5 Å². The molecule has 0 radical (unpaired) electrons. The number of piperidine rings is 1. The third-order valence-corrected chi connectivity index (χ3v) is 5.40. The Labute approximate surface area is 158 Å². The molecule has 1 amide bonds. The van der Waals surface area contributed by atoms with Crippen LogP contribution < -0.4 is 10.2 Å². The molecule has 0 spiro atoms. The second kappa shape index (κ2) is 7.27. The molecule has 2 heterocycles. The summed E-state index contributed by atoms with van der Waals surface area (Å²) in [5.74, 6) is -0.462. The number of carbonyl (C=O) groups excluding carboxylic acids is 1. The van der Waals surface area contributed by atoms with Crippen molar-refractivity contribution in [1.82, 2.24) is 10.3 Å². The van der Waals surface area contributed by atoms with Gasteiger partial charge in [-0.1, -0.05) is 12.1 Å². The average molecular weight is 369 g/mol. The predicted molar refractivity (Wildman–Crippen MR) is 101 cm³/mol. The number of amides is 1. The van der Waals surface area contributed by atoms with Crippen LogP contribution in [0.25, 0.3) is 0 Å². The van der Waals surface area contributed by atoms with Crippen molar-refractivity contribution in [2.24, 2.45) is 0 Å². The molecule has 2 aliphatic rings. The Kier molecular flexibility index (Phi) is 4.83. The highest BCUT2D eigenvalue weighted by atomic mass is 19.1. The van der Waals surface area contributed by atoms with Crippen LogP contribution in [0.1, 0.15) is 41.7 Å². The summed E-state index contributed by atoms with van der Waals surface area (Å²) in [5.41, 5.74) is 1.86. The number of rotatable bonds is 5. The molecule has 2 fully saturated rings. The molecule has 2 N–H and O–H groups in total. The van der Waals surface area contributed by atoms with Gasteiger partial charge in [-0.05, 0) is 61.9 Å². The molecule has 1 saturated heterocycles. The number of hydrogen-bond acceptors (Lipinski definition) is 4. The molecule has 1 saturated carbocycles. The third-order valence-electron chi connectivity index (χ3n) is 5.40. The van der Waals surface area contributed by atoms with Crippen molar-refractivity contribution >= 4 is 11.6 Å². The molecule has 6 heteroatoms. The summed E-state index contributed by atoms with van der Waals surface area (Å²) in [6, 6.07) is 10.2. The van der Waals surface area contributed by atoms with Crippen LogP contribution in [0.2, 0.25) is 0 Å². The van der Waals surface area contributed by atoms with Crippen molar-refractivity contribution in [2.45, 2.75) is 43.7 Å². The van der Waals surface area contributed by atoms with E-state index in [4.69, 9.17) is 0 Å². The van der Waals surface area contributed by atoms with E-state index in [0.29, 0.717) is 18.7 Å². The van der Waals surface area contributed by atoms with Gasteiger partial charge in [0.15, 0.2) is 0 Å². The molecule has 27 heavy (non-hydrogen) atoms. The molecule has 0 unspecified atom stereocenters. The molecule has 1 aromatic heterocycles. The second-order valence-corrected chi connectivity index (χ2v) is 7.68. The molecule has 4 rings (SSSR count). The largest absolute Gasteiger partial charge is 0.391 e. The number of aliphatic hydroxyl groups is 1. The zero-order valence-electron chi connectivity index (χ0n) is 15.2. The van der Waals surface area contributed by atoms with Gasteiger partial charge < -0.3 is 15.3 Å². The minimum atomic E-state index is -0.329. The van der Waals surface area contributed by atoms with Crippen LogP contribution in [0, 0.1) is 5.82 Å². The van der Waals surface area contributed by atoms with E-state index >= 15 is 0 Å². The van der Waals surface area contributed by atoms with Crippen LogP contribution in [0.5, 0.6) is 0 Å². The number of β-amino-alcohol motifs (C(OH)–C–C–N with tert-alkyl or cyclic N) is 1. The summed E-state index contributed by atoms with van der Waals surface area (Å²) < 4.78 is 13.4. The number of nitrogens with zero attached hydrogens (tertiary/aromatic N) is 2. The molecular formula is C21H24FN3O2. The minimum absolute atomic E-state index is 0.205. The first-order valence-corrected chi connectivity index (χ1v) is 9.49. The number of hydrogen-bond donors (Lipinski definition) is 2. The van der Waals surface area contributed by atoms with Crippen LogP contribution in [0.3, 0.4) is 0 Å². The van der Waals surface area contributed by atoms with Gasteiger partial charge in [-0.2, -0.15) is 0 Å². The van der Waals surface area contributed by atoms with E-state index in [2.05, 4.69) is 15.2 Å². The van der Waals surface area contributed by atoms with Gasteiger partial charge in [-0.15, -0.1) is 0 Å².